The van der Waals surface area contributed by atoms with Crippen molar-refractivity contribution < 1.29 is 4.79 Å². The topological polar surface area (TPSA) is 55.1 Å². The van der Waals surface area contributed by atoms with Crippen molar-refractivity contribution in [1.29, 1.82) is 0 Å². The number of hydrogen-bond acceptors (Lipinski definition) is 2. The van der Waals surface area contributed by atoms with Gasteiger partial charge in [0.15, 0.2) is 0 Å². The van der Waals surface area contributed by atoms with Crippen LogP contribution >= 0.6 is 11.6 Å². The standard InChI is InChI=1S/C15H15ClN2O/c1-10-8-13(16)5-2-12(10)9-18-14-6-3-11(4-7-14)15(17)19/h2-8,18H,9H2,1H3,(H2,17,19). The molecule has 3 N–H and O–H groups in total. The molecule has 0 saturated heterocycles. The number of anilines is 1. The summed E-state index contributed by atoms with van der Waals surface area (Å²) in [6, 6.07) is 12.9. The van der Waals surface area contributed by atoms with E-state index in [2.05, 4.69) is 5.32 Å². The molecular weight excluding hydrogens is 260 g/mol. The molecule has 0 fully saturated rings. The van der Waals surface area contributed by atoms with Gasteiger partial charge in [0.1, 0.15) is 0 Å². The Labute approximate surface area is 117 Å². The van der Waals surface area contributed by atoms with Crippen LogP contribution in [0.25, 0.3) is 0 Å². The molecule has 2 aromatic carbocycles. The molecule has 1 amide bonds. The van der Waals surface area contributed by atoms with E-state index in [0.29, 0.717) is 12.1 Å². The first-order valence-electron chi connectivity index (χ1n) is 5.95. The molecule has 2 aromatic rings. The fraction of sp³-hybridized carbons (Fsp3) is 0.133. The first kappa shape index (κ1) is 13.4. The average Bonchev–Trinajstić information content (AvgIpc) is 2.38. The molecule has 0 aromatic heterocycles. The Balaban J connectivity index is 2.04. The highest BCUT2D eigenvalue weighted by Gasteiger charge is 2.01. The van der Waals surface area contributed by atoms with E-state index in [1.165, 1.54) is 5.56 Å². The summed E-state index contributed by atoms with van der Waals surface area (Å²) in [5, 5.41) is 4.03. The lowest BCUT2D eigenvalue weighted by atomic mass is 10.1. The minimum Gasteiger partial charge on any atom is -0.381 e. The second-order valence-electron chi connectivity index (χ2n) is 4.37. The Bertz CT molecular complexity index is 594. The number of nitrogens with one attached hydrogen (secondary N) is 1. The fourth-order valence-electron chi connectivity index (χ4n) is 1.81. The molecule has 0 saturated carbocycles. The van der Waals surface area contributed by atoms with Crippen LogP contribution in [0.15, 0.2) is 42.5 Å². The first-order chi connectivity index (χ1) is 9.06. The van der Waals surface area contributed by atoms with Gasteiger partial charge in [0.25, 0.3) is 0 Å². The van der Waals surface area contributed by atoms with E-state index in [0.717, 1.165) is 16.3 Å². The van der Waals surface area contributed by atoms with Crippen LogP contribution in [-0.4, -0.2) is 5.91 Å². The molecule has 4 heteroatoms. The van der Waals surface area contributed by atoms with Gasteiger partial charge in [-0.1, -0.05) is 17.7 Å². The van der Waals surface area contributed by atoms with Crippen molar-refractivity contribution >= 4 is 23.2 Å². The van der Waals surface area contributed by atoms with Crippen molar-refractivity contribution in [2.75, 3.05) is 5.32 Å². The van der Waals surface area contributed by atoms with Gasteiger partial charge < -0.3 is 11.1 Å². The van der Waals surface area contributed by atoms with Crippen LogP contribution in [0.5, 0.6) is 0 Å². The predicted molar refractivity (Wildman–Crippen MR) is 78.5 cm³/mol. The van der Waals surface area contributed by atoms with E-state index in [9.17, 15) is 4.79 Å². The summed E-state index contributed by atoms with van der Waals surface area (Å²) in [6.07, 6.45) is 0. The maximum absolute atomic E-state index is 11.0. The minimum absolute atomic E-state index is 0.417. The minimum atomic E-state index is -0.417. The van der Waals surface area contributed by atoms with E-state index in [1.54, 1.807) is 12.1 Å². The zero-order valence-electron chi connectivity index (χ0n) is 10.6. The molecule has 0 aliphatic heterocycles. The molecule has 0 radical (unpaired) electrons. The molecule has 98 valence electrons. The maximum Gasteiger partial charge on any atom is 0.248 e. The number of primary amides is 1. The van der Waals surface area contributed by atoms with Crippen LogP contribution < -0.4 is 11.1 Å². The van der Waals surface area contributed by atoms with Crippen molar-refractivity contribution in [3.8, 4) is 0 Å². The number of carbonyl (C=O) groups is 1. The number of benzene rings is 2. The molecule has 19 heavy (non-hydrogen) atoms. The van der Waals surface area contributed by atoms with E-state index in [-0.39, 0.29) is 0 Å². The molecule has 0 heterocycles. The quantitative estimate of drug-likeness (QED) is 0.898. The lowest BCUT2D eigenvalue weighted by Crippen LogP contribution is -2.10. The van der Waals surface area contributed by atoms with Crippen molar-refractivity contribution in [2.45, 2.75) is 13.5 Å². The van der Waals surface area contributed by atoms with Crippen LogP contribution in [0.1, 0.15) is 21.5 Å². The average molecular weight is 275 g/mol. The lowest BCUT2D eigenvalue weighted by Gasteiger charge is -2.09. The Morgan fingerprint density at radius 1 is 1.21 bits per heavy atom. The van der Waals surface area contributed by atoms with Gasteiger partial charge in [0.2, 0.25) is 5.91 Å². The number of hydrogen-bond donors (Lipinski definition) is 2. The van der Waals surface area contributed by atoms with Crippen LogP contribution in [0.4, 0.5) is 5.69 Å². The lowest BCUT2D eigenvalue weighted by molar-refractivity contribution is 0.100. The summed E-state index contributed by atoms with van der Waals surface area (Å²) in [6.45, 7) is 2.73. The van der Waals surface area contributed by atoms with Crippen molar-refractivity contribution in [3.05, 3.63) is 64.2 Å². The van der Waals surface area contributed by atoms with E-state index >= 15 is 0 Å². The smallest absolute Gasteiger partial charge is 0.248 e. The molecule has 3 nitrogen and oxygen atoms in total. The largest absolute Gasteiger partial charge is 0.381 e. The number of halogens is 1. The summed E-state index contributed by atoms with van der Waals surface area (Å²) in [7, 11) is 0. The predicted octanol–water partition coefficient (Wildman–Crippen LogP) is 3.36. The third kappa shape index (κ3) is 3.48. The Morgan fingerprint density at radius 2 is 1.89 bits per heavy atom. The summed E-state index contributed by atoms with van der Waals surface area (Å²) in [5.41, 5.74) is 8.97. The zero-order valence-corrected chi connectivity index (χ0v) is 11.4. The molecule has 0 bridgehead atoms. The Kier molecular flexibility index (Phi) is 4.07. The van der Waals surface area contributed by atoms with Crippen LogP contribution in [0.2, 0.25) is 5.02 Å². The molecule has 2 rings (SSSR count). The monoisotopic (exact) mass is 274 g/mol. The summed E-state index contributed by atoms with van der Waals surface area (Å²) < 4.78 is 0. The van der Waals surface area contributed by atoms with Gasteiger partial charge in [-0.2, -0.15) is 0 Å². The summed E-state index contributed by atoms with van der Waals surface area (Å²) in [4.78, 5) is 11.0. The van der Waals surface area contributed by atoms with E-state index < -0.39 is 5.91 Å². The highest BCUT2D eigenvalue weighted by atomic mass is 35.5. The van der Waals surface area contributed by atoms with Crippen molar-refractivity contribution in [2.24, 2.45) is 5.73 Å². The fourth-order valence-corrected chi connectivity index (χ4v) is 2.03. The molecule has 0 spiro atoms. The normalized spacial score (nSPS) is 10.2. The van der Waals surface area contributed by atoms with E-state index in [4.69, 9.17) is 17.3 Å². The van der Waals surface area contributed by atoms with Gasteiger partial charge in [-0.05, 0) is 54.4 Å². The summed E-state index contributed by atoms with van der Waals surface area (Å²) in [5.74, 6) is -0.417. The maximum atomic E-state index is 11.0. The third-order valence-corrected chi connectivity index (χ3v) is 3.19. The second kappa shape index (κ2) is 5.76. The highest BCUT2D eigenvalue weighted by molar-refractivity contribution is 6.30. The van der Waals surface area contributed by atoms with Crippen molar-refractivity contribution in [1.82, 2.24) is 0 Å². The highest BCUT2D eigenvalue weighted by Crippen LogP contribution is 2.17. The number of carbonyl (C=O) groups excluding carboxylic acids is 1. The van der Waals surface area contributed by atoms with Crippen LogP contribution in [0, 0.1) is 6.92 Å². The molecular formula is C15H15ClN2O. The molecule has 0 aliphatic rings. The van der Waals surface area contributed by atoms with Gasteiger partial charge in [-0.3, -0.25) is 4.79 Å². The Morgan fingerprint density at radius 3 is 2.47 bits per heavy atom. The van der Waals surface area contributed by atoms with Crippen LogP contribution in [0.3, 0.4) is 0 Å². The van der Waals surface area contributed by atoms with Gasteiger partial charge in [-0.15, -0.1) is 0 Å². The van der Waals surface area contributed by atoms with Crippen molar-refractivity contribution in [3.63, 3.8) is 0 Å². The van der Waals surface area contributed by atoms with Gasteiger partial charge in [0.05, 0.1) is 0 Å². The molecule has 0 atom stereocenters. The van der Waals surface area contributed by atoms with Gasteiger partial charge in [-0.25, -0.2) is 0 Å². The van der Waals surface area contributed by atoms with E-state index in [1.807, 2.05) is 37.3 Å². The van der Waals surface area contributed by atoms with Gasteiger partial charge >= 0.3 is 0 Å². The number of nitrogens with two attached hydrogens (primary N) is 1. The zero-order chi connectivity index (χ0) is 13.8. The molecule has 0 aliphatic carbocycles. The Hall–Kier alpha value is -2.00. The number of aryl methyl sites for hydroxylation is 1. The number of amides is 1. The van der Waals surface area contributed by atoms with Gasteiger partial charge in [0, 0.05) is 22.8 Å². The first-order valence-corrected chi connectivity index (χ1v) is 6.33. The number of rotatable bonds is 4. The molecule has 0 unspecified atom stereocenters. The summed E-state index contributed by atoms with van der Waals surface area (Å²) >= 11 is 5.92. The van der Waals surface area contributed by atoms with Crippen LogP contribution in [-0.2, 0) is 6.54 Å². The SMILES string of the molecule is Cc1cc(Cl)ccc1CNc1ccc(C(N)=O)cc1. The third-order valence-electron chi connectivity index (χ3n) is 2.96. The second-order valence-corrected chi connectivity index (χ2v) is 4.80.